The summed E-state index contributed by atoms with van der Waals surface area (Å²) in [5.74, 6) is 1.72. The third-order valence-corrected chi connectivity index (χ3v) is 9.90. The Morgan fingerprint density at radius 2 is 1.91 bits per heavy atom. The van der Waals surface area contributed by atoms with E-state index < -0.39 is 0 Å². The molecule has 188 valence electrons. The summed E-state index contributed by atoms with van der Waals surface area (Å²) < 4.78 is 6.04. The van der Waals surface area contributed by atoms with Crippen molar-refractivity contribution in [1.29, 1.82) is 0 Å². The third-order valence-electron chi connectivity index (χ3n) is 9.90. The molecule has 4 unspecified atom stereocenters. The maximum Gasteiger partial charge on any atom is 0.306 e. The summed E-state index contributed by atoms with van der Waals surface area (Å²) >= 11 is 0. The van der Waals surface area contributed by atoms with Gasteiger partial charge in [0.1, 0.15) is 6.10 Å². The summed E-state index contributed by atoms with van der Waals surface area (Å²) in [6, 6.07) is 5.58. The fraction of sp³-hybridized carbons (Fsp3) is 0.655. The largest absolute Gasteiger partial charge is 0.462 e. The highest BCUT2D eigenvalue weighted by Gasteiger charge is 2.59. The minimum absolute atomic E-state index is 0.0140. The van der Waals surface area contributed by atoms with Gasteiger partial charge >= 0.3 is 5.97 Å². The molecule has 4 aliphatic carbocycles. The number of nitrogens with one attached hydrogen (secondary N) is 1. The van der Waals surface area contributed by atoms with Crippen molar-refractivity contribution in [1.82, 2.24) is 10.3 Å². The van der Waals surface area contributed by atoms with Gasteiger partial charge < -0.3 is 10.1 Å². The molecule has 1 aromatic heterocycles. The zero-order chi connectivity index (χ0) is 24.6. The molecule has 6 nitrogen and oxygen atoms in total. The van der Waals surface area contributed by atoms with Crippen molar-refractivity contribution >= 4 is 17.7 Å². The summed E-state index contributed by atoms with van der Waals surface area (Å²) in [6.45, 7) is 5.09. The van der Waals surface area contributed by atoms with Crippen molar-refractivity contribution in [3.63, 3.8) is 0 Å². The molecule has 5 rings (SSSR count). The molecule has 6 heteroatoms. The number of fused-ring (bicyclic) bond motifs is 5. The van der Waals surface area contributed by atoms with E-state index in [1.807, 2.05) is 24.3 Å². The molecule has 0 saturated heterocycles. The van der Waals surface area contributed by atoms with Crippen molar-refractivity contribution < 1.29 is 19.1 Å². The van der Waals surface area contributed by atoms with E-state index in [1.54, 1.807) is 6.20 Å². The Morgan fingerprint density at radius 3 is 2.71 bits per heavy atom. The normalized spacial score (nSPS) is 35.8. The first-order chi connectivity index (χ1) is 16.8. The van der Waals surface area contributed by atoms with Crippen LogP contribution in [-0.2, 0) is 25.7 Å². The molecule has 3 fully saturated rings. The highest BCUT2D eigenvalue weighted by Crippen LogP contribution is 2.65. The average molecular weight is 479 g/mol. The number of hydrogen-bond donors (Lipinski definition) is 1. The molecule has 0 radical (unpaired) electrons. The van der Waals surface area contributed by atoms with Crippen molar-refractivity contribution in [3.05, 3.63) is 41.7 Å². The van der Waals surface area contributed by atoms with Gasteiger partial charge in [0.05, 0.1) is 18.7 Å². The van der Waals surface area contributed by atoms with Crippen LogP contribution in [0, 0.1) is 28.6 Å². The van der Waals surface area contributed by atoms with Crippen LogP contribution in [0.25, 0.3) is 0 Å². The predicted molar refractivity (Wildman–Crippen MR) is 132 cm³/mol. The quantitative estimate of drug-likeness (QED) is 0.587. The highest BCUT2D eigenvalue weighted by molar-refractivity contribution is 5.91. The number of carbonyl (C=O) groups excluding carboxylic acids is 3. The van der Waals surface area contributed by atoms with Gasteiger partial charge in [-0.3, -0.25) is 19.4 Å². The van der Waals surface area contributed by atoms with Gasteiger partial charge in [0.25, 0.3) is 0 Å². The van der Waals surface area contributed by atoms with Gasteiger partial charge in [-0.15, -0.1) is 0 Å². The van der Waals surface area contributed by atoms with Gasteiger partial charge in [-0.2, -0.15) is 0 Å². The minimum Gasteiger partial charge on any atom is -0.462 e. The van der Waals surface area contributed by atoms with Crippen LogP contribution in [-0.4, -0.2) is 28.7 Å². The number of ether oxygens (including phenoxy) is 1. The second kappa shape index (κ2) is 9.51. The van der Waals surface area contributed by atoms with Crippen molar-refractivity contribution in [2.24, 2.45) is 28.6 Å². The molecule has 35 heavy (non-hydrogen) atoms. The fourth-order valence-electron chi connectivity index (χ4n) is 7.92. The first-order valence-electron chi connectivity index (χ1n) is 13.4. The maximum absolute atomic E-state index is 12.7. The molecule has 1 heterocycles. The number of pyridine rings is 1. The fourth-order valence-corrected chi connectivity index (χ4v) is 7.92. The van der Waals surface area contributed by atoms with Crippen LogP contribution >= 0.6 is 0 Å². The van der Waals surface area contributed by atoms with Gasteiger partial charge in [0.2, 0.25) is 5.91 Å². The van der Waals surface area contributed by atoms with Gasteiger partial charge in [0.15, 0.2) is 5.78 Å². The molecule has 0 bridgehead atoms. The monoisotopic (exact) mass is 478 g/mol. The van der Waals surface area contributed by atoms with E-state index in [0.29, 0.717) is 36.5 Å². The van der Waals surface area contributed by atoms with Crippen molar-refractivity contribution in [2.45, 2.75) is 90.7 Å². The Kier molecular flexibility index (Phi) is 6.58. The van der Waals surface area contributed by atoms with Gasteiger partial charge in [-0.25, -0.2) is 0 Å². The first-order valence-corrected chi connectivity index (χ1v) is 13.4. The van der Waals surface area contributed by atoms with Crippen LogP contribution in [0.2, 0.25) is 0 Å². The molecule has 1 N–H and O–H groups in total. The Labute approximate surface area is 208 Å². The zero-order valence-corrected chi connectivity index (χ0v) is 21.1. The Bertz CT molecular complexity index is 1020. The Morgan fingerprint density at radius 1 is 1.06 bits per heavy atom. The van der Waals surface area contributed by atoms with Crippen molar-refractivity contribution in [2.75, 3.05) is 0 Å². The molecule has 0 aliphatic heterocycles. The van der Waals surface area contributed by atoms with E-state index in [0.717, 1.165) is 50.6 Å². The SMILES string of the molecule is C[C@]12CCC3C(CCC4=CC(=O)CC[C@@]43C)C1CCC2OC(=O)CCC(=O)NCc1ccccn1. The second-order valence-electron chi connectivity index (χ2n) is 11.7. The van der Waals surface area contributed by atoms with Gasteiger partial charge in [0, 0.05) is 24.5 Å². The van der Waals surface area contributed by atoms with E-state index in [1.165, 1.54) is 5.57 Å². The van der Waals surface area contributed by atoms with Crippen LogP contribution in [0.1, 0.15) is 83.7 Å². The highest BCUT2D eigenvalue weighted by atomic mass is 16.5. The number of allylic oxidation sites excluding steroid dienone is 1. The van der Waals surface area contributed by atoms with E-state index in [9.17, 15) is 14.4 Å². The van der Waals surface area contributed by atoms with E-state index in [-0.39, 0.29) is 41.7 Å². The van der Waals surface area contributed by atoms with E-state index in [2.05, 4.69) is 24.1 Å². The van der Waals surface area contributed by atoms with Crippen molar-refractivity contribution in [3.8, 4) is 0 Å². The van der Waals surface area contributed by atoms with Gasteiger partial charge in [-0.05, 0) is 86.3 Å². The summed E-state index contributed by atoms with van der Waals surface area (Å²) in [5.41, 5.74) is 2.36. The van der Waals surface area contributed by atoms with Crippen LogP contribution in [0.15, 0.2) is 36.0 Å². The number of rotatable bonds is 6. The lowest BCUT2D eigenvalue weighted by Gasteiger charge is -2.57. The predicted octanol–water partition coefficient (Wildman–Crippen LogP) is 4.92. The average Bonchev–Trinajstić information content (AvgIpc) is 3.18. The standard InChI is InChI=1S/C29H38N2O4/c1-28-14-12-21(32)17-19(28)6-7-22-23-8-9-25(29(23,2)15-13-24(22)28)35-27(34)11-10-26(33)31-18-20-5-3-4-16-30-20/h3-5,16-17,22-25H,6-15,18H2,1-2H3,(H,31,33)/t22?,23?,24?,25?,28-,29-/m0/s1. The van der Waals surface area contributed by atoms with E-state index in [4.69, 9.17) is 4.74 Å². The van der Waals surface area contributed by atoms with Crippen LogP contribution in [0.5, 0.6) is 0 Å². The molecule has 0 spiro atoms. The topological polar surface area (TPSA) is 85.4 Å². The second-order valence-corrected chi connectivity index (χ2v) is 11.7. The number of carbonyl (C=O) groups is 3. The molecular formula is C29H38N2O4. The number of nitrogens with zero attached hydrogens (tertiary/aromatic N) is 1. The number of esters is 1. The lowest BCUT2D eigenvalue weighted by atomic mass is 9.47. The van der Waals surface area contributed by atoms with Crippen LogP contribution in [0.4, 0.5) is 0 Å². The number of hydrogen-bond acceptors (Lipinski definition) is 5. The maximum atomic E-state index is 12.7. The van der Waals surface area contributed by atoms with Crippen LogP contribution < -0.4 is 5.32 Å². The van der Waals surface area contributed by atoms with Gasteiger partial charge in [-0.1, -0.05) is 25.5 Å². The first kappa shape index (κ1) is 24.2. The molecule has 4 aliphatic rings. The smallest absolute Gasteiger partial charge is 0.306 e. The third kappa shape index (κ3) is 4.56. The Balaban J connectivity index is 1.16. The van der Waals surface area contributed by atoms with E-state index >= 15 is 0 Å². The Hall–Kier alpha value is -2.50. The number of aromatic nitrogens is 1. The molecule has 6 atom stereocenters. The molecule has 1 aromatic rings. The molecule has 0 aromatic carbocycles. The molecule has 3 saturated carbocycles. The molecular weight excluding hydrogens is 440 g/mol. The minimum atomic E-state index is -0.265. The summed E-state index contributed by atoms with van der Waals surface area (Å²) in [7, 11) is 0. The molecule has 1 amide bonds. The number of amides is 1. The lowest BCUT2D eigenvalue weighted by molar-refractivity contribution is -0.160. The zero-order valence-electron chi connectivity index (χ0n) is 21.1. The summed E-state index contributed by atoms with van der Waals surface area (Å²) in [5, 5.41) is 2.83. The number of ketones is 1. The summed E-state index contributed by atoms with van der Waals surface area (Å²) in [6.07, 6.45) is 11.9. The van der Waals surface area contributed by atoms with Crippen LogP contribution in [0.3, 0.4) is 0 Å². The summed E-state index contributed by atoms with van der Waals surface area (Å²) in [4.78, 5) is 41.1. The lowest BCUT2D eigenvalue weighted by Crippen LogP contribution is -2.51.